The van der Waals surface area contributed by atoms with Gasteiger partial charge in [0.05, 0.1) is 6.54 Å². The third-order valence-corrected chi connectivity index (χ3v) is 7.20. The first kappa shape index (κ1) is 25.6. The van der Waals surface area contributed by atoms with E-state index in [1.165, 1.54) is 55.5 Å². The van der Waals surface area contributed by atoms with Crippen molar-refractivity contribution < 1.29 is 4.79 Å². The second-order valence-electron chi connectivity index (χ2n) is 10.2. The number of hydrogen-bond donors (Lipinski definition) is 3. The van der Waals surface area contributed by atoms with Crippen molar-refractivity contribution in [1.29, 1.82) is 0 Å². The smallest absolute Gasteiger partial charge is 0.236 e. The third-order valence-electron chi connectivity index (χ3n) is 7.20. The van der Waals surface area contributed by atoms with E-state index < -0.39 is 0 Å². The standard InChI is InChI=1S/C28H46N4O/c1-4-24-13-6-8-18-32(21-24)27(33)20-29-17-7-5-12-23(3)30-28(25-14-10-15-25)31-26-16-9-11-22(2)19-26/h9,11,16,19,23-24,29-31H,4-8,10,12-15,17-18,20-21H2,1-3H3/t23-,24?/m1/s1. The zero-order chi connectivity index (χ0) is 23.5. The molecule has 3 N–H and O–H groups in total. The van der Waals surface area contributed by atoms with Crippen LogP contribution in [0.3, 0.4) is 0 Å². The molecule has 1 aromatic carbocycles. The Hall–Kier alpha value is -2.01. The fraction of sp³-hybridized carbons (Fsp3) is 0.679. The highest BCUT2D eigenvalue weighted by Gasteiger charge is 2.20. The number of anilines is 1. The van der Waals surface area contributed by atoms with E-state index in [1.807, 2.05) is 0 Å². The van der Waals surface area contributed by atoms with Crippen LogP contribution in [0.5, 0.6) is 0 Å². The third kappa shape index (κ3) is 8.69. The van der Waals surface area contributed by atoms with Crippen molar-refractivity contribution in [1.82, 2.24) is 15.5 Å². The van der Waals surface area contributed by atoms with Crippen LogP contribution < -0.4 is 16.0 Å². The largest absolute Gasteiger partial charge is 0.369 e. The molecule has 1 amide bonds. The molecule has 0 spiro atoms. The summed E-state index contributed by atoms with van der Waals surface area (Å²) >= 11 is 0. The number of hydrogen-bond acceptors (Lipinski definition) is 4. The van der Waals surface area contributed by atoms with Gasteiger partial charge in [-0.1, -0.05) is 38.3 Å². The molecule has 0 bridgehead atoms. The molecule has 1 unspecified atom stereocenters. The van der Waals surface area contributed by atoms with Gasteiger partial charge in [-0.15, -0.1) is 0 Å². The summed E-state index contributed by atoms with van der Waals surface area (Å²) in [4.78, 5) is 14.7. The maximum absolute atomic E-state index is 12.6. The summed E-state index contributed by atoms with van der Waals surface area (Å²) < 4.78 is 0. The van der Waals surface area contributed by atoms with E-state index in [4.69, 9.17) is 0 Å². The number of aryl methyl sites for hydroxylation is 1. The molecule has 5 heteroatoms. The normalized spacial score (nSPS) is 19.4. The number of benzene rings is 1. The van der Waals surface area contributed by atoms with Crippen LogP contribution in [0.25, 0.3) is 0 Å². The number of likely N-dealkylation sites (tertiary alicyclic amines) is 1. The lowest BCUT2D eigenvalue weighted by Crippen LogP contribution is -2.40. The SMILES string of the molecule is CCC1CCCCN(C(=O)CNCCCC[C@@H](C)NC(Nc2cccc(C)c2)=C2CCC2)C1. The molecule has 1 aliphatic carbocycles. The first-order valence-corrected chi connectivity index (χ1v) is 13.4. The van der Waals surface area contributed by atoms with Crippen LogP contribution in [-0.2, 0) is 4.79 Å². The molecular weight excluding hydrogens is 408 g/mol. The molecular formula is C28H46N4O. The summed E-state index contributed by atoms with van der Waals surface area (Å²) in [6.45, 7) is 9.95. The lowest BCUT2D eigenvalue weighted by atomic mass is 9.92. The van der Waals surface area contributed by atoms with Gasteiger partial charge in [0.1, 0.15) is 5.82 Å². The number of amides is 1. The number of nitrogens with zero attached hydrogens (tertiary/aromatic N) is 1. The summed E-state index contributed by atoms with van der Waals surface area (Å²) in [6.07, 6.45) is 12.0. The number of carbonyl (C=O) groups excluding carboxylic acids is 1. The van der Waals surface area contributed by atoms with Crippen LogP contribution >= 0.6 is 0 Å². The van der Waals surface area contributed by atoms with E-state index in [-0.39, 0.29) is 5.91 Å². The van der Waals surface area contributed by atoms with Crippen LogP contribution in [0.1, 0.15) is 83.6 Å². The number of allylic oxidation sites excluding steroid dienone is 1. The van der Waals surface area contributed by atoms with Gasteiger partial charge in [-0.3, -0.25) is 4.79 Å². The van der Waals surface area contributed by atoms with Gasteiger partial charge in [-0.2, -0.15) is 0 Å². The minimum atomic E-state index is 0.282. The van der Waals surface area contributed by atoms with Gasteiger partial charge in [-0.05, 0) is 94.5 Å². The van der Waals surface area contributed by atoms with E-state index in [0.717, 1.165) is 51.0 Å². The second-order valence-corrected chi connectivity index (χ2v) is 10.2. The molecule has 2 aliphatic rings. The van der Waals surface area contributed by atoms with E-state index in [9.17, 15) is 4.79 Å². The fourth-order valence-electron chi connectivity index (χ4n) is 4.81. The average molecular weight is 455 g/mol. The summed E-state index contributed by atoms with van der Waals surface area (Å²) in [6, 6.07) is 9.01. The van der Waals surface area contributed by atoms with Crippen molar-refractivity contribution >= 4 is 11.6 Å². The van der Waals surface area contributed by atoms with Crippen molar-refractivity contribution in [3.05, 3.63) is 41.2 Å². The van der Waals surface area contributed by atoms with E-state index in [0.29, 0.717) is 18.5 Å². The minimum Gasteiger partial charge on any atom is -0.369 e. The Morgan fingerprint density at radius 1 is 1.18 bits per heavy atom. The number of rotatable bonds is 12. The van der Waals surface area contributed by atoms with Gasteiger partial charge >= 0.3 is 0 Å². The molecule has 2 atom stereocenters. The Labute approximate surface area is 201 Å². The average Bonchev–Trinajstić information content (AvgIpc) is 3.00. The van der Waals surface area contributed by atoms with Crippen molar-refractivity contribution in [3.63, 3.8) is 0 Å². The predicted molar refractivity (Wildman–Crippen MR) is 139 cm³/mol. The number of unbranched alkanes of at least 4 members (excludes halogenated alkanes) is 1. The van der Waals surface area contributed by atoms with Gasteiger partial charge in [0, 0.05) is 24.8 Å². The van der Waals surface area contributed by atoms with Crippen molar-refractivity contribution in [2.24, 2.45) is 5.92 Å². The number of carbonyl (C=O) groups is 1. The molecule has 5 nitrogen and oxygen atoms in total. The molecule has 184 valence electrons. The van der Waals surface area contributed by atoms with Gasteiger partial charge in [0.15, 0.2) is 0 Å². The summed E-state index contributed by atoms with van der Waals surface area (Å²) in [5, 5.41) is 10.8. The monoisotopic (exact) mass is 454 g/mol. The van der Waals surface area contributed by atoms with Gasteiger partial charge in [0.2, 0.25) is 5.91 Å². The molecule has 3 rings (SSSR count). The van der Waals surface area contributed by atoms with Crippen LogP contribution in [0.15, 0.2) is 35.7 Å². The van der Waals surface area contributed by atoms with Crippen molar-refractivity contribution in [2.75, 3.05) is 31.5 Å². The fourth-order valence-corrected chi connectivity index (χ4v) is 4.81. The quantitative estimate of drug-likeness (QED) is 0.361. The summed E-state index contributed by atoms with van der Waals surface area (Å²) in [7, 11) is 0. The maximum atomic E-state index is 12.6. The molecule has 1 heterocycles. The molecule has 33 heavy (non-hydrogen) atoms. The Morgan fingerprint density at radius 3 is 2.76 bits per heavy atom. The van der Waals surface area contributed by atoms with Crippen LogP contribution in [0.2, 0.25) is 0 Å². The zero-order valence-electron chi connectivity index (χ0n) is 21.2. The summed E-state index contributed by atoms with van der Waals surface area (Å²) in [5.74, 6) is 2.18. The van der Waals surface area contributed by atoms with Crippen LogP contribution in [0.4, 0.5) is 5.69 Å². The van der Waals surface area contributed by atoms with E-state index in [1.54, 1.807) is 0 Å². The first-order valence-electron chi connectivity index (χ1n) is 13.4. The van der Waals surface area contributed by atoms with Gasteiger partial charge < -0.3 is 20.9 Å². The molecule has 1 aliphatic heterocycles. The molecule has 0 aromatic heterocycles. The molecule has 2 fully saturated rings. The lowest BCUT2D eigenvalue weighted by molar-refractivity contribution is -0.130. The lowest BCUT2D eigenvalue weighted by Gasteiger charge is -2.27. The Kier molecular flexibility index (Phi) is 10.6. The summed E-state index contributed by atoms with van der Waals surface area (Å²) in [5.41, 5.74) is 3.95. The van der Waals surface area contributed by atoms with Gasteiger partial charge in [-0.25, -0.2) is 0 Å². The first-order chi connectivity index (χ1) is 16.0. The molecule has 1 aromatic rings. The predicted octanol–water partition coefficient (Wildman–Crippen LogP) is 5.58. The van der Waals surface area contributed by atoms with Crippen LogP contribution in [0, 0.1) is 12.8 Å². The molecule has 1 saturated heterocycles. The highest BCUT2D eigenvalue weighted by Crippen LogP contribution is 2.29. The maximum Gasteiger partial charge on any atom is 0.236 e. The van der Waals surface area contributed by atoms with Crippen molar-refractivity contribution in [2.45, 2.75) is 91.0 Å². The molecule has 1 saturated carbocycles. The van der Waals surface area contributed by atoms with Crippen LogP contribution in [-0.4, -0.2) is 43.0 Å². The van der Waals surface area contributed by atoms with E-state index >= 15 is 0 Å². The topological polar surface area (TPSA) is 56.4 Å². The minimum absolute atomic E-state index is 0.282. The Balaban J connectivity index is 1.32. The second kappa shape index (κ2) is 13.6. The van der Waals surface area contributed by atoms with E-state index in [2.05, 4.69) is 65.9 Å². The van der Waals surface area contributed by atoms with Gasteiger partial charge in [0.25, 0.3) is 0 Å². The molecule has 0 radical (unpaired) electrons. The van der Waals surface area contributed by atoms with Crippen molar-refractivity contribution in [3.8, 4) is 0 Å². The highest BCUT2D eigenvalue weighted by atomic mass is 16.2. The Morgan fingerprint density at radius 2 is 2.03 bits per heavy atom. The highest BCUT2D eigenvalue weighted by molar-refractivity contribution is 5.78. The zero-order valence-corrected chi connectivity index (χ0v) is 21.2. The number of nitrogens with one attached hydrogen (secondary N) is 3. The Bertz CT molecular complexity index is 769.